The second-order valence-corrected chi connectivity index (χ2v) is 6.60. The summed E-state index contributed by atoms with van der Waals surface area (Å²) in [7, 11) is 0. The third-order valence-electron chi connectivity index (χ3n) is 4.38. The summed E-state index contributed by atoms with van der Waals surface area (Å²) in [6.07, 6.45) is 1.36. The molecule has 30 heavy (non-hydrogen) atoms. The van der Waals surface area contributed by atoms with Gasteiger partial charge in [0, 0.05) is 29.9 Å². The number of rotatable bonds is 7. The Hall–Kier alpha value is -3.75. The Bertz CT molecular complexity index is 961. The van der Waals surface area contributed by atoms with Gasteiger partial charge in [-0.1, -0.05) is 6.07 Å². The number of anilines is 2. The van der Waals surface area contributed by atoms with Crippen molar-refractivity contribution in [1.82, 2.24) is 5.32 Å². The summed E-state index contributed by atoms with van der Waals surface area (Å²) in [5, 5.41) is 4.87. The average molecular weight is 413 g/mol. The van der Waals surface area contributed by atoms with E-state index in [0.717, 1.165) is 18.2 Å². The van der Waals surface area contributed by atoms with Gasteiger partial charge in [0.25, 0.3) is 11.8 Å². The van der Waals surface area contributed by atoms with Crippen molar-refractivity contribution in [1.29, 1.82) is 0 Å². The molecule has 1 aliphatic rings. The van der Waals surface area contributed by atoms with Crippen molar-refractivity contribution >= 4 is 35.1 Å². The van der Waals surface area contributed by atoms with Gasteiger partial charge in [0.05, 0.1) is 0 Å². The van der Waals surface area contributed by atoms with E-state index in [0.29, 0.717) is 18.7 Å². The van der Waals surface area contributed by atoms with E-state index in [2.05, 4.69) is 10.6 Å². The summed E-state index contributed by atoms with van der Waals surface area (Å²) in [5.74, 6) is -2.49. The minimum atomic E-state index is -0.808. The quantitative estimate of drug-likeness (QED) is 0.675. The van der Waals surface area contributed by atoms with Gasteiger partial charge in [-0.25, -0.2) is 4.39 Å². The topological polar surface area (TPSA) is 105 Å². The molecule has 0 unspecified atom stereocenters. The molecular weight excluding hydrogens is 393 g/mol. The summed E-state index contributed by atoms with van der Waals surface area (Å²) in [5.41, 5.74) is 1.32. The molecule has 1 fully saturated rings. The van der Waals surface area contributed by atoms with Crippen LogP contribution >= 0.6 is 0 Å². The fourth-order valence-corrected chi connectivity index (χ4v) is 2.92. The third-order valence-corrected chi connectivity index (χ3v) is 4.38. The number of carbonyl (C=O) groups excluding carboxylic acids is 4. The van der Waals surface area contributed by atoms with Crippen molar-refractivity contribution in [3.63, 3.8) is 0 Å². The Morgan fingerprint density at radius 2 is 1.87 bits per heavy atom. The first-order valence-electron chi connectivity index (χ1n) is 9.32. The average Bonchev–Trinajstić information content (AvgIpc) is 3.17. The number of hydrogen-bond donors (Lipinski definition) is 2. The molecule has 2 N–H and O–H groups in total. The van der Waals surface area contributed by atoms with Crippen molar-refractivity contribution in [3.8, 4) is 0 Å². The predicted molar refractivity (Wildman–Crippen MR) is 106 cm³/mol. The van der Waals surface area contributed by atoms with Crippen LogP contribution < -0.4 is 15.5 Å². The molecule has 0 aliphatic carbocycles. The number of amides is 3. The van der Waals surface area contributed by atoms with E-state index in [1.54, 1.807) is 29.2 Å². The minimum Gasteiger partial charge on any atom is -0.454 e. The summed E-state index contributed by atoms with van der Waals surface area (Å²) in [4.78, 5) is 48.9. The third kappa shape index (κ3) is 5.63. The number of halogens is 1. The molecule has 1 aliphatic heterocycles. The van der Waals surface area contributed by atoms with E-state index in [1.807, 2.05) is 0 Å². The van der Waals surface area contributed by atoms with Crippen LogP contribution in [0.1, 0.15) is 23.2 Å². The van der Waals surface area contributed by atoms with Crippen LogP contribution in [0.4, 0.5) is 15.8 Å². The zero-order valence-electron chi connectivity index (χ0n) is 16.0. The van der Waals surface area contributed by atoms with Crippen molar-refractivity contribution in [3.05, 3.63) is 59.9 Å². The highest BCUT2D eigenvalue weighted by Crippen LogP contribution is 2.22. The molecule has 0 spiro atoms. The molecule has 0 saturated carbocycles. The second kappa shape index (κ2) is 9.64. The summed E-state index contributed by atoms with van der Waals surface area (Å²) < 4.78 is 17.9. The van der Waals surface area contributed by atoms with E-state index < -0.39 is 36.8 Å². The van der Waals surface area contributed by atoms with Gasteiger partial charge in [-0.15, -0.1) is 0 Å². The molecule has 2 aromatic carbocycles. The number of benzene rings is 2. The van der Waals surface area contributed by atoms with Gasteiger partial charge >= 0.3 is 5.97 Å². The number of ether oxygens (including phenoxy) is 1. The van der Waals surface area contributed by atoms with Crippen LogP contribution in [0.25, 0.3) is 0 Å². The summed E-state index contributed by atoms with van der Waals surface area (Å²) >= 11 is 0. The van der Waals surface area contributed by atoms with Gasteiger partial charge in [-0.05, 0) is 48.9 Å². The monoisotopic (exact) mass is 413 g/mol. The Kier molecular flexibility index (Phi) is 6.74. The van der Waals surface area contributed by atoms with Gasteiger partial charge in [-0.2, -0.15) is 0 Å². The number of hydrogen-bond acceptors (Lipinski definition) is 5. The van der Waals surface area contributed by atoms with E-state index in [-0.39, 0.29) is 11.5 Å². The maximum Gasteiger partial charge on any atom is 0.325 e. The van der Waals surface area contributed by atoms with E-state index in [9.17, 15) is 23.6 Å². The first-order valence-corrected chi connectivity index (χ1v) is 9.32. The lowest BCUT2D eigenvalue weighted by molar-refractivity contribution is -0.146. The van der Waals surface area contributed by atoms with E-state index in [1.165, 1.54) is 18.2 Å². The number of carbonyl (C=O) groups is 4. The Balaban J connectivity index is 1.40. The van der Waals surface area contributed by atoms with E-state index >= 15 is 0 Å². The SMILES string of the molecule is O=C(COC(=O)CNC(=O)c1cccc(F)c1)Nc1ccc(N2CCCC2=O)cc1. The molecule has 0 atom stereocenters. The molecule has 3 amide bonds. The van der Waals surface area contributed by atoms with Gasteiger partial charge in [0.15, 0.2) is 6.61 Å². The van der Waals surface area contributed by atoms with Crippen LogP contribution in [-0.4, -0.2) is 43.4 Å². The summed E-state index contributed by atoms with van der Waals surface area (Å²) in [6.45, 7) is -0.307. The molecule has 1 heterocycles. The molecule has 3 rings (SSSR count). The van der Waals surface area contributed by atoms with Gasteiger partial charge in [0.2, 0.25) is 5.91 Å². The van der Waals surface area contributed by atoms with Crippen LogP contribution in [0.5, 0.6) is 0 Å². The van der Waals surface area contributed by atoms with Crippen LogP contribution in [0.15, 0.2) is 48.5 Å². The highest BCUT2D eigenvalue weighted by atomic mass is 19.1. The maximum atomic E-state index is 13.1. The van der Waals surface area contributed by atoms with Crippen molar-refractivity contribution in [2.75, 3.05) is 29.9 Å². The normalized spacial score (nSPS) is 13.1. The lowest BCUT2D eigenvalue weighted by atomic mass is 10.2. The zero-order valence-corrected chi connectivity index (χ0v) is 16.0. The molecule has 0 aromatic heterocycles. The van der Waals surface area contributed by atoms with Crippen molar-refractivity contribution in [2.45, 2.75) is 12.8 Å². The fourth-order valence-electron chi connectivity index (χ4n) is 2.92. The highest BCUT2D eigenvalue weighted by Gasteiger charge is 2.21. The van der Waals surface area contributed by atoms with Gasteiger partial charge in [0.1, 0.15) is 12.4 Å². The number of esters is 1. The standard InChI is InChI=1S/C21H20FN3O5/c22-15-4-1-3-14(11-15)21(29)23-12-20(28)30-13-18(26)24-16-6-8-17(9-7-16)25-10-2-5-19(25)27/h1,3-4,6-9,11H,2,5,10,12-13H2,(H,23,29)(H,24,26). The number of nitrogens with zero attached hydrogens (tertiary/aromatic N) is 1. The van der Waals surface area contributed by atoms with Gasteiger partial charge < -0.3 is 20.3 Å². The predicted octanol–water partition coefficient (Wildman–Crippen LogP) is 1.86. The van der Waals surface area contributed by atoms with Crippen LogP contribution in [0.2, 0.25) is 0 Å². The van der Waals surface area contributed by atoms with E-state index in [4.69, 9.17) is 4.74 Å². The first-order chi connectivity index (χ1) is 14.4. The lowest BCUT2D eigenvalue weighted by Gasteiger charge is -2.16. The first kappa shape index (κ1) is 21.0. The number of nitrogens with one attached hydrogen (secondary N) is 2. The fraction of sp³-hybridized carbons (Fsp3) is 0.238. The molecular formula is C21H20FN3O5. The maximum absolute atomic E-state index is 13.1. The van der Waals surface area contributed by atoms with Crippen molar-refractivity contribution < 1.29 is 28.3 Å². The van der Waals surface area contributed by atoms with Crippen LogP contribution in [-0.2, 0) is 19.1 Å². The molecule has 1 saturated heterocycles. The van der Waals surface area contributed by atoms with Crippen molar-refractivity contribution in [2.24, 2.45) is 0 Å². The molecule has 156 valence electrons. The van der Waals surface area contributed by atoms with Crippen LogP contribution in [0, 0.1) is 5.82 Å². The largest absolute Gasteiger partial charge is 0.454 e. The van der Waals surface area contributed by atoms with Crippen LogP contribution in [0.3, 0.4) is 0 Å². The lowest BCUT2D eigenvalue weighted by Crippen LogP contribution is -2.32. The molecule has 8 nitrogen and oxygen atoms in total. The molecule has 2 aromatic rings. The summed E-state index contributed by atoms with van der Waals surface area (Å²) in [6, 6.07) is 11.8. The zero-order chi connectivity index (χ0) is 21.5. The Morgan fingerprint density at radius 3 is 2.53 bits per heavy atom. The molecule has 0 radical (unpaired) electrons. The Morgan fingerprint density at radius 1 is 1.10 bits per heavy atom. The Labute approximate surface area is 172 Å². The molecule has 9 heteroatoms. The minimum absolute atomic E-state index is 0.0691. The smallest absolute Gasteiger partial charge is 0.325 e. The molecule has 0 bridgehead atoms. The second-order valence-electron chi connectivity index (χ2n) is 6.60. The highest BCUT2D eigenvalue weighted by molar-refractivity contribution is 5.97. The van der Waals surface area contributed by atoms with Gasteiger partial charge in [-0.3, -0.25) is 19.2 Å².